The van der Waals surface area contributed by atoms with Gasteiger partial charge in [0.05, 0.1) is 5.52 Å². The van der Waals surface area contributed by atoms with Crippen molar-refractivity contribution in [3.05, 3.63) is 28.7 Å². The Morgan fingerprint density at radius 1 is 1.42 bits per heavy atom. The Morgan fingerprint density at radius 2 is 2.21 bits per heavy atom. The Hall–Kier alpha value is -2.24. The largest absolute Gasteiger partial charge is 0.481 e. The molecule has 6 nitrogen and oxygen atoms in total. The van der Waals surface area contributed by atoms with Crippen LogP contribution in [0.15, 0.2) is 27.4 Å². The number of carbonyl (C=O) groups is 1. The number of rotatable bonds is 6. The molecular formula is C13H16N2O4. The molecule has 2 N–H and O–H groups in total. The lowest BCUT2D eigenvalue weighted by Gasteiger charge is -2.18. The quantitative estimate of drug-likeness (QED) is 0.777. The van der Waals surface area contributed by atoms with Crippen molar-refractivity contribution in [1.29, 1.82) is 0 Å². The first-order valence-electron chi connectivity index (χ1n) is 6.12. The van der Waals surface area contributed by atoms with E-state index in [2.05, 4.69) is 4.98 Å². The molecule has 0 atom stereocenters. The van der Waals surface area contributed by atoms with E-state index in [0.29, 0.717) is 17.5 Å². The van der Waals surface area contributed by atoms with Gasteiger partial charge in [0, 0.05) is 25.7 Å². The smallest absolute Gasteiger partial charge is 0.417 e. The second kappa shape index (κ2) is 5.60. The number of aliphatic carboxylic acids is 1. The van der Waals surface area contributed by atoms with Gasteiger partial charge in [-0.15, -0.1) is 0 Å². The third-order valence-corrected chi connectivity index (χ3v) is 2.98. The van der Waals surface area contributed by atoms with Crippen LogP contribution in [0.4, 0.5) is 5.69 Å². The molecule has 6 heteroatoms. The highest BCUT2D eigenvalue weighted by atomic mass is 16.4. The van der Waals surface area contributed by atoms with Gasteiger partial charge in [0.1, 0.15) is 0 Å². The number of aromatic amines is 1. The number of oxazole rings is 1. The molecule has 19 heavy (non-hydrogen) atoms. The average molecular weight is 264 g/mol. The normalized spacial score (nSPS) is 10.8. The number of aromatic nitrogens is 1. The first kappa shape index (κ1) is 13.2. The van der Waals surface area contributed by atoms with Gasteiger partial charge in [-0.05, 0) is 31.0 Å². The Morgan fingerprint density at radius 3 is 2.95 bits per heavy atom. The van der Waals surface area contributed by atoms with Crippen LogP contribution in [0.2, 0.25) is 0 Å². The molecule has 1 heterocycles. The van der Waals surface area contributed by atoms with Crippen molar-refractivity contribution in [1.82, 2.24) is 4.98 Å². The van der Waals surface area contributed by atoms with Crippen molar-refractivity contribution in [3.8, 4) is 0 Å². The highest BCUT2D eigenvalue weighted by molar-refractivity contribution is 5.77. The minimum Gasteiger partial charge on any atom is -0.481 e. The highest BCUT2D eigenvalue weighted by Crippen LogP contribution is 2.19. The topological polar surface area (TPSA) is 86.5 Å². The van der Waals surface area contributed by atoms with Gasteiger partial charge in [-0.1, -0.05) is 0 Å². The summed E-state index contributed by atoms with van der Waals surface area (Å²) in [6.07, 6.45) is 1.66. The van der Waals surface area contributed by atoms with Gasteiger partial charge in [0.15, 0.2) is 5.58 Å². The van der Waals surface area contributed by atoms with Crippen molar-refractivity contribution in [2.75, 3.05) is 18.5 Å². The van der Waals surface area contributed by atoms with E-state index in [0.717, 1.165) is 18.7 Å². The van der Waals surface area contributed by atoms with E-state index >= 15 is 0 Å². The summed E-state index contributed by atoms with van der Waals surface area (Å²) in [4.78, 5) is 26.1. The van der Waals surface area contributed by atoms with E-state index in [-0.39, 0.29) is 6.42 Å². The molecule has 2 aromatic rings. The minimum atomic E-state index is -0.764. The summed E-state index contributed by atoms with van der Waals surface area (Å²) >= 11 is 0. The zero-order valence-electron chi connectivity index (χ0n) is 10.7. The van der Waals surface area contributed by atoms with Gasteiger partial charge in [0.2, 0.25) is 0 Å². The third-order valence-electron chi connectivity index (χ3n) is 2.98. The summed E-state index contributed by atoms with van der Waals surface area (Å²) in [5.41, 5.74) is 2.16. The molecule has 0 amide bonds. The molecular weight excluding hydrogens is 248 g/mol. The van der Waals surface area contributed by atoms with Crippen LogP contribution < -0.4 is 10.7 Å². The van der Waals surface area contributed by atoms with Crippen molar-refractivity contribution in [3.63, 3.8) is 0 Å². The fraction of sp³-hybridized carbons (Fsp3) is 0.385. The van der Waals surface area contributed by atoms with E-state index in [1.165, 1.54) is 0 Å². The lowest BCUT2D eigenvalue weighted by Crippen LogP contribution is -2.18. The fourth-order valence-corrected chi connectivity index (χ4v) is 1.93. The molecule has 1 aromatic carbocycles. The summed E-state index contributed by atoms with van der Waals surface area (Å²) in [5.74, 6) is -1.23. The number of carboxylic acids is 1. The number of anilines is 1. The molecule has 0 unspecified atom stereocenters. The molecule has 0 aliphatic carbocycles. The predicted molar refractivity (Wildman–Crippen MR) is 71.6 cm³/mol. The Balaban J connectivity index is 1.98. The molecule has 0 radical (unpaired) electrons. The molecule has 0 fully saturated rings. The summed E-state index contributed by atoms with van der Waals surface area (Å²) < 4.78 is 4.93. The second-order valence-electron chi connectivity index (χ2n) is 4.47. The molecule has 0 saturated carbocycles. The van der Waals surface area contributed by atoms with Crippen LogP contribution >= 0.6 is 0 Å². The number of nitrogens with one attached hydrogen (secondary N) is 1. The fourth-order valence-electron chi connectivity index (χ4n) is 1.93. The van der Waals surface area contributed by atoms with Crippen molar-refractivity contribution < 1.29 is 14.3 Å². The van der Waals surface area contributed by atoms with Gasteiger partial charge < -0.3 is 14.4 Å². The van der Waals surface area contributed by atoms with Gasteiger partial charge in [-0.25, -0.2) is 4.79 Å². The van der Waals surface area contributed by atoms with Crippen molar-refractivity contribution in [2.24, 2.45) is 0 Å². The zero-order chi connectivity index (χ0) is 13.8. The average Bonchev–Trinajstić information content (AvgIpc) is 2.73. The maximum Gasteiger partial charge on any atom is 0.417 e. The van der Waals surface area contributed by atoms with Crippen LogP contribution in [0, 0.1) is 0 Å². The van der Waals surface area contributed by atoms with Crippen LogP contribution in [-0.4, -0.2) is 29.7 Å². The van der Waals surface area contributed by atoms with E-state index < -0.39 is 11.7 Å². The second-order valence-corrected chi connectivity index (χ2v) is 4.47. The van der Waals surface area contributed by atoms with Crippen LogP contribution in [0.1, 0.15) is 19.3 Å². The summed E-state index contributed by atoms with van der Waals surface area (Å²) in [5, 5.41) is 8.56. The predicted octanol–water partition coefficient (Wildman–Crippen LogP) is 1.81. The van der Waals surface area contributed by atoms with Crippen molar-refractivity contribution >= 4 is 22.8 Å². The molecule has 2 rings (SSSR count). The van der Waals surface area contributed by atoms with Gasteiger partial charge in [0.25, 0.3) is 0 Å². The van der Waals surface area contributed by atoms with Gasteiger partial charge >= 0.3 is 11.7 Å². The van der Waals surface area contributed by atoms with E-state index in [1.54, 1.807) is 6.07 Å². The number of carboxylic acid groups (broad SMARTS) is 1. The number of fused-ring (bicyclic) bond motifs is 1. The van der Waals surface area contributed by atoms with Crippen molar-refractivity contribution in [2.45, 2.75) is 19.3 Å². The first-order valence-corrected chi connectivity index (χ1v) is 6.12. The molecule has 0 spiro atoms. The number of hydrogen-bond acceptors (Lipinski definition) is 4. The maximum atomic E-state index is 11.1. The Labute approximate surface area is 109 Å². The standard InChI is InChI=1S/C13H16N2O4/c1-15(7-3-2-4-12(16)17)9-5-6-11-10(8-9)14-13(18)19-11/h5-6,8H,2-4,7H2,1H3,(H,14,18)(H,16,17). The number of benzene rings is 1. The molecule has 102 valence electrons. The maximum absolute atomic E-state index is 11.1. The molecule has 0 aliphatic heterocycles. The molecule has 1 aromatic heterocycles. The monoisotopic (exact) mass is 264 g/mol. The zero-order valence-corrected chi connectivity index (χ0v) is 10.7. The van der Waals surface area contributed by atoms with E-state index in [4.69, 9.17) is 9.52 Å². The molecule has 0 saturated heterocycles. The molecule has 0 aliphatic rings. The number of unbranched alkanes of at least 4 members (excludes halogenated alkanes) is 1. The van der Waals surface area contributed by atoms with Crippen LogP contribution in [0.25, 0.3) is 11.1 Å². The number of H-pyrrole nitrogens is 1. The van der Waals surface area contributed by atoms with Crippen LogP contribution in [0.5, 0.6) is 0 Å². The summed E-state index contributed by atoms with van der Waals surface area (Å²) in [6.45, 7) is 0.765. The minimum absolute atomic E-state index is 0.196. The first-order chi connectivity index (χ1) is 9.06. The third kappa shape index (κ3) is 3.37. The van der Waals surface area contributed by atoms with Gasteiger partial charge in [-0.2, -0.15) is 0 Å². The van der Waals surface area contributed by atoms with Crippen LogP contribution in [0.3, 0.4) is 0 Å². The van der Waals surface area contributed by atoms with Crippen LogP contribution in [-0.2, 0) is 4.79 Å². The lowest BCUT2D eigenvalue weighted by atomic mass is 10.2. The number of nitrogens with zero attached hydrogens (tertiary/aromatic N) is 1. The van der Waals surface area contributed by atoms with Gasteiger partial charge in [-0.3, -0.25) is 9.78 Å². The highest BCUT2D eigenvalue weighted by Gasteiger charge is 2.06. The molecule has 0 bridgehead atoms. The lowest BCUT2D eigenvalue weighted by molar-refractivity contribution is -0.137. The Kier molecular flexibility index (Phi) is 3.89. The number of hydrogen-bond donors (Lipinski definition) is 2. The summed E-state index contributed by atoms with van der Waals surface area (Å²) in [7, 11) is 1.93. The SMILES string of the molecule is CN(CCCCC(=O)O)c1ccc2oc(=O)[nH]c2c1. The summed E-state index contributed by atoms with van der Waals surface area (Å²) in [6, 6.07) is 5.46. The Bertz CT molecular complexity index is 629. The van der Waals surface area contributed by atoms with E-state index in [9.17, 15) is 9.59 Å². The van der Waals surface area contributed by atoms with E-state index in [1.807, 2.05) is 24.1 Å².